The summed E-state index contributed by atoms with van der Waals surface area (Å²) in [7, 11) is 0. The van der Waals surface area contributed by atoms with Crippen LogP contribution in [0.2, 0.25) is 5.02 Å². The molecule has 1 N–H and O–H groups in total. The van der Waals surface area contributed by atoms with E-state index >= 15 is 0 Å². The molecule has 2 aromatic carbocycles. The third-order valence-electron chi connectivity index (χ3n) is 5.90. The Kier molecular flexibility index (Phi) is 7.98. The van der Waals surface area contributed by atoms with E-state index in [2.05, 4.69) is 5.32 Å². The van der Waals surface area contributed by atoms with Crippen molar-refractivity contribution >= 4 is 46.1 Å². The van der Waals surface area contributed by atoms with E-state index in [0.717, 1.165) is 23.2 Å². The van der Waals surface area contributed by atoms with Crippen molar-refractivity contribution in [1.82, 2.24) is 10.2 Å². The molecule has 0 bridgehead atoms. The normalized spacial score (nSPS) is 17.9. The van der Waals surface area contributed by atoms with Crippen LogP contribution in [0, 0.1) is 0 Å². The monoisotopic (exact) mass is 509 g/mol. The zero-order valence-corrected chi connectivity index (χ0v) is 21.5. The Balaban J connectivity index is 1.83. The molecule has 0 saturated carbocycles. The molecule has 182 valence electrons. The fourth-order valence-electron chi connectivity index (χ4n) is 4.04. The number of amides is 1. The van der Waals surface area contributed by atoms with Crippen LogP contribution in [0.25, 0.3) is 5.70 Å². The molecule has 8 heteroatoms. The summed E-state index contributed by atoms with van der Waals surface area (Å²) in [4.78, 5) is 33.1. The Labute approximate surface area is 215 Å². The number of halogens is 1. The minimum Gasteiger partial charge on any atom is -0.463 e. The van der Waals surface area contributed by atoms with Crippen molar-refractivity contribution in [2.24, 2.45) is 4.99 Å². The third kappa shape index (κ3) is 5.46. The van der Waals surface area contributed by atoms with Crippen LogP contribution in [-0.2, 0) is 14.3 Å². The Bertz CT molecular complexity index is 1190. The fraction of sp³-hybridized carbons (Fsp3) is 0.296. The second-order valence-corrected chi connectivity index (χ2v) is 9.62. The number of nitrogens with one attached hydrogen (secondary N) is 1. The topological polar surface area (TPSA) is 71.0 Å². The van der Waals surface area contributed by atoms with Crippen LogP contribution in [0.1, 0.15) is 50.8 Å². The Morgan fingerprint density at radius 2 is 1.86 bits per heavy atom. The number of aliphatic imine (C=N–C) groups is 1. The summed E-state index contributed by atoms with van der Waals surface area (Å²) in [6, 6.07) is 16.6. The van der Waals surface area contributed by atoms with Crippen molar-refractivity contribution < 1.29 is 14.3 Å². The van der Waals surface area contributed by atoms with Crippen molar-refractivity contribution in [2.45, 2.75) is 45.7 Å². The summed E-state index contributed by atoms with van der Waals surface area (Å²) in [6.07, 6.45) is 1.02. The lowest BCUT2D eigenvalue weighted by atomic mass is 9.91. The van der Waals surface area contributed by atoms with Crippen LogP contribution >= 0.6 is 23.4 Å². The first kappa shape index (κ1) is 25.1. The average molecular weight is 510 g/mol. The van der Waals surface area contributed by atoms with Crippen molar-refractivity contribution in [2.75, 3.05) is 6.61 Å². The van der Waals surface area contributed by atoms with Gasteiger partial charge in [0.05, 0.1) is 30.3 Å². The lowest BCUT2D eigenvalue weighted by Crippen LogP contribution is -2.39. The molecule has 2 aliphatic rings. The van der Waals surface area contributed by atoms with E-state index in [0.29, 0.717) is 21.5 Å². The van der Waals surface area contributed by atoms with Crippen molar-refractivity contribution in [3.8, 4) is 0 Å². The van der Waals surface area contributed by atoms with E-state index in [1.807, 2.05) is 66.6 Å². The van der Waals surface area contributed by atoms with Crippen LogP contribution in [0.5, 0.6) is 0 Å². The number of benzene rings is 2. The molecule has 2 heterocycles. The molecule has 0 saturated heterocycles. The number of hydrogen-bond acceptors (Lipinski definition) is 6. The zero-order chi connectivity index (χ0) is 24.9. The predicted molar refractivity (Wildman–Crippen MR) is 142 cm³/mol. The van der Waals surface area contributed by atoms with Gasteiger partial charge in [0.2, 0.25) is 5.91 Å². The van der Waals surface area contributed by atoms with Crippen molar-refractivity contribution in [3.63, 3.8) is 0 Å². The lowest BCUT2D eigenvalue weighted by Gasteiger charge is -2.37. The van der Waals surface area contributed by atoms with Gasteiger partial charge in [-0.1, -0.05) is 72.8 Å². The first-order chi connectivity index (χ1) is 16.9. The minimum absolute atomic E-state index is 0.0715. The van der Waals surface area contributed by atoms with Crippen LogP contribution in [0.4, 0.5) is 0 Å². The van der Waals surface area contributed by atoms with Gasteiger partial charge in [-0.25, -0.2) is 9.79 Å². The number of carbonyl (C=O) groups excluding carboxylic acids is 2. The number of fused-ring (bicyclic) bond motifs is 1. The Morgan fingerprint density at radius 3 is 2.51 bits per heavy atom. The van der Waals surface area contributed by atoms with Crippen LogP contribution in [0.15, 0.2) is 76.3 Å². The first-order valence-corrected chi connectivity index (χ1v) is 12.9. The summed E-state index contributed by atoms with van der Waals surface area (Å²) < 4.78 is 5.52. The zero-order valence-electron chi connectivity index (χ0n) is 20.0. The molecular formula is C27H28ClN3O3S. The molecular weight excluding hydrogens is 482 g/mol. The second kappa shape index (κ2) is 11.1. The van der Waals surface area contributed by atoms with E-state index in [4.69, 9.17) is 21.3 Å². The van der Waals surface area contributed by atoms with Crippen LogP contribution < -0.4 is 5.32 Å². The third-order valence-corrected chi connectivity index (χ3v) is 7.04. The molecule has 4 rings (SSSR count). The molecule has 2 aliphatic heterocycles. The number of thioether (sulfide) groups is 1. The van der Waals surface area contributed by atoms with E-state index in [9.17, 15) is 9.59 Å². The molecule has 0 fully saturated rings. The van der Waals surface area contributed by atoms with Crippen molar-refractivity contribution in [3.05, 3.63) is 87.4 Å². The van der Waals surface area contributed by atoms with Crippen LogP contribution in [0.3, 0.4) is 0 Å². The van der Waals surface area contributed by atoms with E-state index in [1.165, 1.54) is 11.8 Å². The van der Waals surface area contributed by atoms with Gasteiger partial charge in [0.1, 0.15) is 0 Å². The number of rotatable bonds is 8. The molecule has 2 aromatic rings. The number of amidine groups is 1. The SMILES string of the molecule is CCOC(=O)C1=C(c2ccccc2)N=C2SC=C(CC(=O)NC(C)CC)N2C1c1ccc(Cl)cc1. The number of nitrogens with zero attached hydrogens (tertiary/aromatic N) is 2. The minimum atomic E-state index is -0.522. The van der Waals surface area contributed by atoms with Gasteiger partial charge in [0.25, 0.3) is 0 Å². The molecule has 0 aromatic heterocycles. The summed E-state index contributed by atoms with van der Waals surface area (Å²) >= 11 is 7.64. The second-order valence-electron chi connectivity index (χ2n) is 8.35. The summed E-state index contributed by atoms with van der Waals surface area (Å²) in [6.45, 7) is 6.03. The lowest BCUT2D eigenvalue weighted by molar-refractivity contribution is -0.139. The number of ether oxygens (including phenoxy) is 1. The Morgan fingerprint density at radius 1 is 1.14 bits per heavy atom. The summed E-state index contributed by atoms with van der Waals surface area (Å²) in [5.41, 5.74) is 3.46. The van der Waals surface area contributed by atoms with Gasteiger partial charge in [0.15, 0.2) is 5.17 Å². The highest BCUT2D eigenvalue weighted by molar-refractivity contribution is 8.16. The molecule has 0 radical (unpaired) electrons. The maximum Gasteiger partial charge on any atom is 0.338 e. The predicted octanol–water partition coefficient (Wildman–Crippen LogP) is 5.92. The van der Waals surface area contributed by atoms with Gasteiger partial charge >= 0.3 is 5.97 Å². The maximum atomic E-state index is 13.4. The smallest absolute Gasteiger partial charge is 0.338 e. The molecule has 6 nitrogen and oxygen atoms in total. The standard InChI is InChI=1S/C27H28ClN3O3S/c1-4-17(3)29-22(32)15-21-16-35-27-30-24(18-9-7-6-8-10-18)23(26(33)34-5-2)25(31(21)27)19-11-13-20(28)14-12-19/h6-14,16-17,25H,4-5,15H2,1-3H3,(H,29,32). The molecule has 0 spiro atoms. The van der Waals surface area contributed by atoms with Crippen LogP contribution in [-0.4, -0.2) is 34.6 Å². The molecule has 2 unspecified atom stereocenters. The number of hydrogen-bond donors (Lipinski definition) is 1. The first-order valence-electron chi connectivity index (χ1n) is 11.7. The summed E-state index contributed by atoms with van der Waals surface area (Å²) in [5.74, 6) is -0.507. The average Bonchev–Trinajstić information content (AvgIpc) is 3.26. The van der Waals surface area contributed by atoms with E-state index < -0.39 is 12.0 Å². The Hall–Kier alpha value is -3.03. The number of carbonyl (C=O) groups is 2. The summed E-state index contributed by atoms with van der Waals surface area (Å²) in [5, 5.41) is 6.28. The molecule has 0 aliphatic carbocycles. The molecule has 35 heavy (non-hydrogen) atoms. The largest absolute Gasteiger partial charge is 0.463 e. The van der Waals surface area contributed by atoms with Gasteiger partial charge in [-0.2, -0.15) is 0 Å². The van der Waals surface area contributed by atoms with Gasteiger partial charge < -0.3 is 15.0 Å². The molecule has 1 amide bonds. The van der Waals surface area contributed by atoms with Gasteiger partial charge in [0, 0.05) is 22.3 Å². The highest BCUT2D eigenvalue weighted by atomic mass is 35.5. The fourth-order valence-corrected chi connectivity index (χ4v) is 5.09. The molecule has 2 atom stereocenters. The van der Waals surface area contributed by atoms with Crippen molar-refractivity contribution in [1.29, 1.82) is 0 Å². The van der Waals surface area contributed by atoms with E-state index in [1.54, 1.807) is 19.1 Å². The van der Waals surface area contributed by atoms with Gasteiger partial charge in [-0.3, -0.25) is 4.79 Å². The highest BCUT2D eigenvalue weighted by Crippen LogP contribution is 2.47. The van der Waals surface area contributed by atoms with Gasteiger partial charge in [-0.05, 0) is 43.4 Å². The quantitative estimate of drug-likeness (QED) is 0.447. The number of esters is 1. The highest BCUT2D eigenvalue weighted by Gasteiger charge is 2.42. The maximum absolute atomic E-state index is 13.4. The van der Waals surface area contributed by atoms with E-state index in [-0.39, 0.29) is 25.0 Å². The van der Waals surface area contributed by atoms with Gasteiger partial charge in [-0.15, -0.1) is 0 Å².